The second-order valence-corrected chi connectivity index (χ2v) is 11.4. The molecule has 3 heteroatoms. The van der Waals surface area contributed by atoms with Gasteiger partial charge in [0.15, 0.2) is 0 Å². The van der Waals surface area contributed by atoms with E-state index in [1.807, 2.05) is 12.1 Å². The maximum absolute atomic E-state index is 13.6. The van der Waals surface area contributed by atoms with Gasteiger partial charge in [-0.25, -0.2) is 0 Å². The van der Waals surface area contributed by atoms with E-state index in [2.05, 4.69) is 73.9 Å². The van der Waals surface area contributed by atoms with Gasteiger partial charge >= 0.3 is 0 Å². The Morgan fingerprint density at radius 1 is 0.971 bits per heavy atom. The summed E-state index contributed by atoms with van der Waals surface area (Å²) < 4.78 is 0. The number of carbonyl (C=O) groups is 1. The fourth-order valence-electron chi connectivity index (χ4n) is 6.23. The predicted octanol–water partition coefficient (Wildman–Crippen LogP) is 6.70. The van der Waals surface area contributed by atoms with Crippen LogP contribution < -0.4 is 0 Å². The number of nitrogens with zero attached hydrogens (tertiary/aromatic N) is 2. The van der Waals surface area contributed by atoms with Gasteiger partial charge in [-0.3, -0.25) is 4.79 Å². The van der Waals surface area contributed by atoms with Crippen LogP contribution in [0.15, 0.2) is 48.5 Å². The Morgan fingerprint density at radius 2 is 1.68 bits per heavy atom. The normalized spacial score (nSPS) is 21.8. The monoisotopic (exact) mass is 460 g/mol. The first-order valence-corrected chi connectivity index (χ1v) is 13.5. The summed E-state index contributed by atoms with van der Waals surface area (Å²) >= 11 is 0. The summed E-state index contributed by atoms with van der Waals surface area (Å²) in [5, 5.41) is 0. The minimum atomic E-state index is 0.183. The van der Waals surface area contributed by atoms with Gasteiger partial charge in [-0.05, 0) is 67.7 Å². The highest BCUT2D eigenvalue weighted by atomic mass is 16.2. The Hall–Kier alpha value is -2.13. The van der Waals surface area contributed by atoms with Gasteiger partial charge in [0, 0.05) is 44.2 Å². The van der Waals surface area contributed by atoms with Crippen LogP contribution in [0.25, 0.3) is 0 Å². The molecule has 0 aromatic heterocycles. The van der Waals surface area contributed by atoms with Gasteiger partial charge in [-0.15, -0.1) is 0 Å². The molecule has 0 radical (unpaired) electrons. The van der Waals surface area contributed by atoms with E-state index in [0.29, 0.717) is 17.8 Å². The van der Waals surface area contributed by atoms with Crippen LogP contribution in [-0.4, -0.2) is 48.4 Å². The molecule has 1 saturated carbocycles. The Labute approximate surface area is 207 Å². The lowest BCUT2D eigenvalue weighted by Gasteiger charge is -2.30. The highest BCUT2D eigenvalue weighted by Gasteiger charge is 2.37. The average molecular weight is 461 g/mol. The van der Waals surface area contributed by atoms with Crippen LogP contribution in [0.4, 0.5) is 0 Å². The molecule has 2 aromatic carbocycles. The van der Waals surface area contributed by atoms with Crippen LogP contribution in [0, 0.1) is 31.6 Å². The maximum atomic E-state index is 13.6. The third-order valence-electron chi connectivity index (χ3n) is 7.97. The number of rotatable bonds is 8. The number of benzene rings is 2. The van der Waals surface area contributed by atoms with E-state index in [9.17, 15) is 4.79 Å². The Morgan fingerprint density at radius 3 is 2.35 bits per heavy atom. The minimum absolute atomic E-state index is 0.183. The topological polar surface area (TPSA) is 23.6 Å². The van der Waals surface area contributed by atoms with Crippen molar-refractivity contribution in [1.29, 1.82) is 0 Å². The lowest BCUT2D eigenvalue weighted by Crippen LogP contribution is -2.40. The standard InChI is InChI=1S/C31H44N2O/c1-23(2)18-33(31(34)27-16-14-24(3)15-17-27)21-28-20-32(19-26-11-6-5-7-12-26)22-30(28)29-13-9-8-10-25(29)4/h8-10,13-17,23,26,28,30H,5-7,11-12,18-22H2,1-4H3. The highest BCUT2D eigenvalue weighted by molar-refractivity contribution is 5.94. The molecule has 1 aliphatic heterocycles. The van der Waals surface area contributed by atoms with Gasteiger partial charge in [0.25, 0.3) is 5.91 Å². The van der Waals surface area contributed by atoms with Crippen molar-refractivity contribution in [2.24, 2.45) is 17.8 Å². The molecule has 2 aliphatic rings. The number of carbonyl (C=O) groups excluding carboxylic acids is 1. The molecular formula is C31H44N2O. The first-order valence-electron chi connectivity index (χ1n) is 13.5. The molecule has 1 amide bonds. The van der Waals surface area contributed by atoms with Crippen molar-refractivity contribution in [3.8, 4) is 0 Å². The molecule has 2 fully saturated rings. The third-order valence-corrected chi connectivity index (χ3v) is 7.97. The van der Waals surface area contributed by atoms with Crippen molar-refractivity contribution in [2.75, 3.05) is 32.7 Å². The third kappa shape index (κ3) is 6.30. The Bertz CT molecular complexity index is 929. The smallest absolute Gasteiger partial charge is 0.253 e. The molecule has 1 saturated heterocycles. The lowest BCUT2D eigenvalue weighted by molar-refractivity contribution is 0.0702. The number of aryl methyl sites for hydroxylation is 2. The average Bonchev–Trinajstić information content (AvgIpc) is 3.21. The van der Waals surface area contributed by atoms with Crippen LogP contribution in [0.5, 0.6) is 0 Å². The molecular weight excluding hydrogens is 416 g/mol. The van der Waals surface area contributed by atoms with E-state index in [-0.39, 0.29) is 5.91 Å². The van der Waals surface area contributed by atoms with E-state index in [4.69, 9.17) is 0 Å². The first kappa shape index (κ1) is 25.0. The maximum Gasteiger partial charge on any atom is 0.253 e. The van der Waals surface area contributed by atoms with Crippen molar-refractivity contribution in [2.45, 2.75) is 65.7 Å². The SMILES string of the molecule is Cc1ccc(C(=O)N(CC(C)C)CC2CN(CC3CCCCC3)CC2c2ccccc2C)cc1. The molecule has 3 nitrogen and oxygen atoms in total. The number of likely N-dealkylation sites (tertiary alicyclic amines) is 1. The largest absolute Gasteiger partial charge is 0.338 e. The van der Waals surface area contributed by atoms with E-state index in [1.54, 1.807) is 0 Å². The number of amides is 1. The molecule has 184 valence electrons. The van der Waals surface area contributed by atoms with E-state index in [1.165, 1.54) is 55.3 Å². The summed E-state index contributed by atoms with van der Waals surface area (Å²) in [5.41, 5.74) is 4.87. The zero-order chi connectivity index (χ0) is 24.1. The lowest BCUT2D eigenvalue weighted by atomic mass is 9.86. The number of hydrogen-bond donors (Lipinski definition) is 0. The van der Waals surface area contributed by atoms with Crippen molar-refractivity contribution in [3.05, 3.63) is 70.8 Å². The molecule has 2 aromatic rings. The molecule has 2 atom stereocenters. The van der Waals surface area contributed by atoms with Crippen molar-refractivity contribution in [1.82, 2.24) is 9.80 Å². The zero-order valence-electron chi connectivity index (χ0n) is 21.8. The highest BCUT2D eigenvalue weighted by Crippen LogP contribution is 2.37. The van der Waals surface area contributed by atoms with Crippen LogP contribution in [0.3, 0.4) is 0 Å². The summed E-state index contributed by atoms with van der Waals surface area (Å²) in [6.07, 6.45) is 6.99. The quantitative estimate of drug-likeness (QED) is 0.438. The molecule has 0 N–H and O–H groups in total. The Balaban J connectivity index is 1.55. The predicted molar refractivity (Wildman–Crippen MR) is 142 cm³/mol. The van der Waals surface area contributed by atoms with Gasteiger partial charge < -0.3 is 9.80 Å². The molecule has 1 aliphatic carbocycles. The summed E-state index contributed by atoms with van der Waals surface area (Å²) in [4.78, 5) is 18.5. The molecule has 4 rings (SSSR count). The van der Waals surface area contributed by atoms with Crippen LogP contribution >= 0.6 is 0 Å². The first-order chi connectivity index (χ1) is 16.4. The van der Waals surface area contributed by atoms with Gasteiger partial charge in [-0.2, -0.15) is 0 Å². The fourth-order valence-corrected chi connectivity index (χ4v) is 6.23. The Kier molecular flexibility index (Phi) is 8.47. The summed E-state index contributed by atoms with van der Waals surface area (Å²) in [6, 6.07) is 17.0. The van der Waals surface area contributed by atoms with E-state index < -0.39 is 0 Å². The van der Waals surface area contributed by atoms with Crippen LogP contribution in [-0.2, 0) is 0 Å². The van der Waals surface area contributed by atoms with Gasteiger partial charge in [0.2, 0.25) is 0 Å². The molecule has 34 heavy (non-hydrogen) atoms. The van der Waals surface area contributed by atoms with Crippen molar-refractivity contribution < 1.29 is 4.79 Å². The molecule has 0 bridgehead atoms. The van der Waals surface area contributed by atoms with Gasteiger partial charge in [0.1, 0.15) is 0 Å². The summed E-state index contributed by atoms with van der Waals surface area (Å²) in [7, 11) is 0. The molecule has 1 heterocycles. The van der Waals surface area contributed by atoms with Gasteiger partial charge in [-0.1, -0.05) is 75.1 Å². The molecule has 2 unspecified atom stereocenters. The molecule has 0 spiro atoms. The second-order valence-electron chi connectivity index (χ2n) is 11.4. The van der Waals surface area contributed by atoms with Crippen LogP contribution in [0.1, 0.15) is 78.9 Å². The van der Waals surface area contributed by atoms with E-state index in [0.717, 1.165) is 37.7 Å². The van der Waals surface area contributed by atoms with Crippen molar-refractivity contribution in [3.63, 3.8) is 0 Å². The van der Waals surface area contributed by atoms with E-state index >= 15 is 0 Å². The fraction of sp³-hybridized carbons (Fsp3) is 0.581. The zero-order valence-corrected chi connectivity index (χ0v) is 21.8. The van der Waals surface area contributed by atoms with Crippen molar-refractivity contribution >= 4 is 5.91 Å². The number of hydrogen-bond acceptors (Lipinski definition) is 2. The minimum Gasteiger partial charge on any atom is -0.338 e. The second kappa shape index (κ2) is 11.5. The van der Waals surface area contributed by atoms with Crippen LogP contribution in [0.2, 0.25) is 0 Å². The summed E-state index contributed by atoms with van der Waals surface area (Å²) in [5.74, 6) is 2.45. The van der Waals surface area contributed by atoms with Gasteiger partial charge in [0.05, 0.1) is 0 Å². The summed E-state index contributed by atoms with van der Waals surface area (Å²) in [6.45, 7) is 13.9.